The number of imidazole rings is 2. The highest BCUT2D eigenvalue weighted by Crippen LogP contribution is 2.32. The zero-order valence-corrected chi connectivity index (χ0v) is 40.6. The van der Waals surface area contributed by atoms with Crippen LogP contribution in [0, 0.1) is 13.8 Å². The van der Waals surface area contributed by atoms with Crippen LogP contribution in [0.2, 0.25) is 10.0 Å². The van der Waals surface area contributed by atoms with E-state index < -0.39 is 6.29 Å². The first-order chi connectivity index (χ1) is 33.3. The Bertz CT molecular complexity index is 3050. The highest BCUT2D eigenvalue weighted by molar-refractivity contribution is 6.31. The maximum Gasteiger partial charge on any atom is 0.290 e. The van der Waals surface area contributed by atoms with Crippen molar-refractivity contribution in [3.8, 4) is 23.1 Å². The first kappa shape index (κ1) is 50.9. The van der Waals surface area contributed by atoms with E-state index in [2.05, 4.69) is 52.0 Å². The molecule has 362 valence electrons. The van der Waals surface area contributed by atoms with E-state index >= 15 is 0 Å². The van der Waals surface area contributed by atoms with Crippen molar-refractivity contribution in [2.75, 3.05) is 41.7 Å². The van der Waals surface area contributed by atoms with Gasteiger partial charge in [-0.1, -0.05) is 40.5 Å². The molecule has 1 unspecified atom stereocenters. The number of fused-ring (bicyclic) bond motifs is 2. The number of ether oxygens (including phenoxy) is 4. The van der Waals surface area contributed by atoms with Crippen molar-refractivity contribution in [1.29, 1.82) is 0 Å². The van der Waals surface area contributed by atoms with Gasteiger partial charge < -0.3 is 52.9 Å². The summed E-state index contributed by atoms with van der Waals surface area (Å²) in [6.07, 6.45) is 10.8. The lowest BCUT2D eigenvalue weighted by molar-refractivity contribution is -0.140. The van der Waals surface area contributed by atoms with Crippen LogP contribution in [0.5, 0.6) is 11.8 Å². The van der Waals surface area contributed by atoms with Gasteiger partial charge in [0.1, 0.15) is 35.4 Å². The van der Waals surface area contributed by atoms with Gasteiger partial charge in [0.15, 0.2) is 24.6 Å². The van der Waals surface area contributed by atoms with Gasteiger partial charge in [-0.05, 0) is 73.8 Å². The Morgan fingerprint density at radius 3 is 2.07 bits per heavy atom. The van der Waals surface area contributed by atoms with Crippen molar-refractivity contribution in [1.82, 2.24) is 43.7 Å². The summed E-state index contributed by atoms with van der Waals surface area (Å²) >= 11 is 12.0. The number of amidine groups is 2. The van der Waals surface area contributed by atoms with Gasteiger partial charge in [-0.2, -0.15) is 0 Å². The van der Waals surface area contributed by atoms with E-state index in [0.29, 0.717) is 40.6 Å². The lowest BCUT2D eigenvalue weighted by Crippen LogP contribution is -2.33. The topological polar surface area (TPSA) is 227 Å². The number of rotatable bonds is 12. The van der Waals surface area contributed by atoms with Crippen LogP contribution in [0.25, 0.3) is 33.2 Å². The molecule has 20 nitrogen and oxygen atoms in total. The van der Waals surface area contributed by atoms with Gasteiger partial charge in [0.05, 0.1) is 38.3 Å². The average Bonchev–Trinajstić information content (AvgIpc) is 4.17. The van der Waals surface area contributed by atoms with Crippen LogP contribution < -0.4 is 20.7 Å². The normalized spacial score (nSPS) is 13.3. The maximum atomic E-state index is 8.36. The van der Waals surface area contributed by atoms with Crippen LogP contribution in [0.1, 0.15) is 34.4 Å². The zero-order chi connectivity index (χ0) is 49.6. The van der Waals surface area contributed by atoms with Crippen LogP contribution in [-0.4, -0.2) is 109 Å². The monoisotopic (exact) mass is 982 g/mol. The molecular weight excluding hydrogens is 931 g/mol. The van der Waals surface area contributed by atoms with E-state index in [4.69, 9.17) is 72.5 Å². The number of nitrogens with two attached hydrogens (primary N) is 1. The second-order valence-electron chi connectivity index (χ2n) is 15.0. The molecular formula is C47H52Cl2N12O8. The number of nitrogens with one attached hydrogen (secondary N) is 1. The number of benzene rings is 2. The van der Waals surface area contributed by atoms with Crippen LogP contribution in [-0.2, 0) is 38.0 Å². The number of hydrogen-bond donors (Lipinski definition) is 3. The second kappa shape index (κ2) is 24.0. The number of aromatic nitrogens is 8. The van der Waals surface area contributed by atoms with Crippen molar-refractivity contribution in [2.24, 2.45) is 30.0 Å². The first-order valence-corrected chi connectivity index (χ1v) is 21.7. The number of nitrogens with zero attached hydrogens (tertiary/aromatic N) is 10. The number of carboxylic acid groups (broad SMARTS) is 1. The quantitative estimate of drug-likeness (QED) is 0.0364. The molecule has 0 radical (unpaired) electrons. The average molecular weight is 984 g/mol. The van der Waals surface area contributed by atoms with E-state index in [0.717, 1.165) is 44.3 Å². The number of hydroxylamine groups is 1. The van der Waals surface area contributed by atoms with Crippen LogP contribution in [0.3, 0.4) is 0 Å². The van der Waals surface area contributed by atoms with Crippen molar-refractivity contribution in [2.45, 2.75) is 26.2 Å². The van der Waals surface area contributed by atoms with Gasteiger partial charge in [0, 0.05) is 85.1 Å². The van der Waals surface area contributed by atoms with Crippen molar-refractivity contribution < 1.29 is 38.5 Å². The van der Waals surface area contributed by atoms with E-state index in [1.165, 1.54) is 32.2 Å². The standard InChI is InChI=1S/C22H21ClN6O2.C15H21N5O4.C9H8ClN.CH2O2/c1-13-9-29(12-24-13)19-7-6-17(26-22(19)30-3)21-25-18(11-31-27-21)16-10-28(2)20-8-14(23)4-5-15(16)20;1-10-7-20(9-17-10)12-6-5-11(18-15(12)23-4)14(16)19-24-8-13(21-2)22-3;1-11-5-4-7-2-3-8(10)6-9(7)11;2-1-3/h4-10,12,18H,11H2,1-3H3,(H,25,27);5-7,9,13H,8H2,1-4H3,(H2,16,19);2-6H,1H3;1H,(H,2,3). The summed E-state index contributed by atoms with van der Waals surface area (Å²) < 4.78 is 28.6. The van der Waals surface area contributed by atoms with E-state index in [1.807, 2.05) is 110 Å². The highest BCUT2D eigenvalue weighted by atomic mass is 35.5. The molecule has 6 aromatic heterocycles. The minimum absolute atomic E-state index is 0.108. The number of aliphatic imine (C=N–C) groups is 1. The predicted molar refractivity (Wildman–Crippen MR) is 263 cm³/mol. The van der Waals surface area contributed by atoms with Gasteiger partial charge in [-0.25, -0.2) is 25.4 Å². The summed E-state index contributed by atoms with van der Waals surface area (Å²) in [6, 6.07) is 21.0. The maximum absolute atomic E-state index is 8.36. The summed E-state index contributed by atoms with van der Waals surface area (Å²) in [5.41, 5.74) is 16.5. The molecule has 4 N–H and O–H groups in total. The third-order valence-corrected chi connectivity index (χ3v) is 10.8. The Morgan fingerprint density at radius 1 is 0.855 bits per heavy atom. The largest absolute Gasteiger partial charge is 0.483 e. The Kier molecular flexibility index (Phi) is 17.7. The fourth-order valence-electron chi connectivity index (χ4n) is 6.96. The molecule has 0 fully saturated rings. The summed E-state index contributed by atoms with van der Waals surface area (Å²) in [4.78, 5) is 41.5. The lowest BCUT2D eigenvalue weighted by Gasteiger charge is -2.22. The van der Waals surface area contributed by atoms with Crippen molar-refractivity contribution in [3.05, 3.63) is 143 Å². The lowest BCUT2D eigenvalue weighted by atomic mass is 10.1. The number of carbonyl (C=O) groups is 1. The predicted octanol–water partition coefficient (Wildman–Crippen LogP) is 7.12. The molecule has 0 saturated carbocycles. The Balaban J connectivity index is 0.000000181. The van der Waals surface area contributed by atoms with Gasteiger partial charge >= 0.3 is 0 Å². The van der Waals surface area contributed by atoms with E-state index in [-0.39, 0.29) is 25.0 Å². The molecule has 2 aromatic carbocycles. The molecule has 69 heavy (non-hydrogen) atoms. The molecule has 22 heteroatoms. The van der Waals surface area contributed by atoms with Gasteiger partial charge in [-0.3, -0.25) is 14.6 Å². The number of oxime groups is 1. The highest BCUT2D eigenvalue weighted by Gasteiger charge is 2.24. The molecule has 1 aliphatic rings. The number of methoxy groups -OCH3 is 4. The number of halogens is 2. The van der Waals surface area contributed by atoms with Gasteiger partial charge in [-0.15, -0.1) is 0 Å². The number of aryl methyl sites for hydroxylation is 4. The van der Waals surface area contributed by atoms with Gasteiger partial charge in [0.25, 0.3) is 6.47 Å². The summed E-state index contributed by atoms with van der Waals surface area (Å²) in [6.45, 7) is 4.11. The third-order valence-electron chi connectivity index (χ3n) is 10.3. The van der Waals surface area contributed by atoms with Crippen LogP contribution in [0.4, 0.5) is 0 Å². The molecule has 1 atom stereocenters. The third kappa shape index (κ3) is 12.7. The molecule has 0 bridgehead atoms. The molecule has 0 aliphatic carbocycles. The number of hydrogen-bond acceptors (Lipinski definition) is 14. The first-order valence-electron chi connectivity index (χ1n) is 20.9. The fourth-order valence-corrected chi connectivity index (χ4v) is 7.30. The second-order valence-corrected chi connectivity index (χ2v) is 15.8. The SMILES string of the molecule is COc1nc(/C(N)=N/OCC(OC)OC)ccc1-n1cnc(C)c1.COc1nc(C2=NC(c3cn(C)c4cc(Cl)ccc34)CON2)ccc1-n1cnc(C)c1.Cn1ccc2ccc(Cl)cc21.O=CO. The smallest absolute Gasteiger partial charge is 0.290 e. The van der Waals surface area contributed by atoms with Gasteiger partial charge in [0.2, 0.25) is 11.8 Å². The Labute approximate surface area is 407 Å². The summed E-state index contributed by atoms with van der Waals surface area (Å²) in [5, 5.41) is 14.5. The van der Waals surface area contributed by atoms with Crippen molar-refractivity contribution >= 4 is 63.2 Å². The van der Waals surface area contributed by atoms with Crippen molar-refractivity contribution in [3.63, 3.8) is 0 Å². The minimum Gasteiger partial charge on any atom is -0.483 e. The van der Waals surface area contributed by atoms with E-state index in [9.17, 15) is 0 Å². The number of pyridine rings is 2. The molecule has 7 heterocycles. The molecule has 0 saturated heterocycles. The van der Waals surface area contributed by atoms with E-state index in [1.54, 1.807) is 25.8 Å². The summed E-state index contributed by atoms with van der Waals surface area (Å²) in [7, 11) is 10.2. The molecule has 9 rings (SSSR count). The molecule has 1 aliphatic heterocycles. The Hall–Kier alpha value is -7.49. The van der Waals surface area contributed by atoms with Crippen LogP contribution >= 0.6 is 23.2 Å². The minimum atomic E-state index is -0.518. The zero-order valence-electron chi connectivity index (χ0n) is 39.1. The Morgan fingerprint density at radius 2 is 1.46 bits per heavy atom. The molecule has 0 amide bonds. The molecule has 0 spiro atoms. The summed E-state index contributed by atoms with van der Waals surface area (Å²) in [5.74, 6) is 1.54. The molecule has 8 aromatic rings. The fraction of sp³-hybridized carbons (Fsp3) is 0.255. The van der Waals surface area contributed by atoms with Crippen LogP contribution in [0.15, 0.2) is 114 Å².